The van der Waals surface area contributed by atoms with Crippen LogP contribution < -0.4 is 5.32 Å². The molecule has 0 amide bonds. The van der Waals surface area contributed by atoms with E-state index in [0.717, 1.165) is 57.9 Å². The van der Waals surface area contributed by atoms with Gasteiger partial charge in [-0.3, -0.25) is 14.7 Å². The highest BCUT2D eigenvalue weighted by molar-refractivity contribution is 14.0. The van der Waals surface area contributed by atoms with Crippen LogP contribution in [0.4, 0.5) is 0 Å². The maximum atomic E-state index is 11.9. The summed E-state index contributed by atoms with van der Waals surface area (Å²) in [7, 11) is 0. The van der Waals surface area contributed by atoms with Gasteiger partial charge in [0.05, 0.1) is 0 Å². The monoisotopic (exact) mass is 490 g/mol. The Labute approximate surface area is 180 Å². The van der Waals surface area contributed by atoms with E-state index in [1.54, 1.807) is 0 Å². The van der Waals surface area contributed by atoms with Crippen LogP contribution in [0, 0.1) is 0 Å². The summed E-state index contributed by atoms with van der Waals surface area (Å²) in [5.41, 5.74) is 0. The first-order valence-corrected chi connectivity index (χ1v) is 10.4. The fourth-order valence-corrected chi connectivity index (χ4v) is 4.11. The summed E-state index contributed by atoms with van der Waals surface area (Å²) >= 11 is 0. The van der Waals surface area contributed by atoms with Gasteiger partial charge in [0.15, 0.2) is 5.96 Å². The van der Waals surface area contributed by atoms with Gasteiger partial charge in [0.2, 0.25) is 0 Å². The molecule has 1 saturated heterocycles. The number of guanidine groups is 1. The van der Waals surface area contributed by atoms with Crippen molar-refractivity contribution in [1.29, 1.82) is 0 Å². The Morgan fingerprint density at radius 2 is 1.96 bits per heavy atom. The van der Waals surface area contributed by atoms with Crippen LogP contribution in [-0.2, 0) is 9.53 Å². The zero-order chi connectivity index (χ0) is 18.2. The lowest BCUT2D eigenvalue weighted by molar-refractivity contribution is -0.148. The van der Waals surface area contributed by atoms with E-state index in [-0.39, 0.29) is 36.0 Å². The molecule has 2 fully saturated rings. The molecule has 1 saturated carbocycles. The van der Waals surface area contributed by atoms with Crippen LogP contribution in [0.2, 0.25) is 0 Å². The Morgan fingerprint density at radius 3 is 2.67 bits per heavy atom. The summed E-state index contributed by atoms with van der Waals surface area (Å²) in [5, 5.41) is 3.41. The maximum absolute atomic E-state index is 11.9. The van der Waals surface area contributed by atoms with Gasteiger partial charge < -0.3 is 15.0 Å². The first-order chi connectivity index (χ1) is 12.8. The van der Waals surface area contributed by atoms with Gasteiger partial charge in [-0.1, -0.05) is 12.2 Å². The van der Waals surface area contributed by atoms with E-state index in [4.69, 9.17) is 9.73 Å². The van der Waals surface area contributed by atoms with Crippen molar-refractivity contribution >= 4 is 35.9 Å². The van der Waals surface area contributed by atoms with E-state index in [1.165, 1.54) is 19.3 Å². The van der Waals surface area contributed by atoms with E-state index >= 15 is 0 Å². The molecule has 3 rings (SSSR count). The number of esters is 1. The fourth-order valence-electron chi connectivity index (χ4n) is 4.11. The fraction of sp³-hybridized carbons (Fsp3) is 0.800. The molecule has 2 aliphatic heterocycles. The second-order valence-electron chi connectivity index (χ2n) is 7.55. The standard InChI is InChI=1S/C20H34N4O2.HI/c1-2-21-20(24-15-11-17(16-24)23-13-5-6-14-23)22-12-7-10-19(25)26-18-8-3-4-9-18;/h5-6,17-18H,2-4,7-16H2,1H3,(H,21,22);1H. The van der Waals surface area contributed by atoms with Gasteiger partial charge in [0.25, 0.3) is 0 Å². The second kappa shape index (κ2) is 11.9. The molecule has 0 spiro atoms. The summed E-state index contributed by atoms with van der Waals surface area (Å²) < 4.78 is 5.51. The third-order valence-electron chi connectivity index (χ3n) is 5.56. The number of halogens is 1. The molecular formula is C20H35IN4O2. The van der Waals surface area contributed by atoms with Crippen LogP contribution in [0.3, 0.4) is 0 Å². The number of nitrogens with one attached hydrogen (secondary N) is 1. The van der Waals surface area contributed by atoms with Crippen LogP contribution in [-0.4, -0.2) is 73.1 Å². The van der Waals surface area contributed by atoms with E-state index in [9.17, 15) is 4.79 Å². The van der Waals surface area contributed by atoms with Gasteiger partial charge in [-0.25, -0.2) is 0 Å². The van der Waals surface area contributed by atoms with Crippen molar-refractivity contribution in [3.8, 4) is 0 Å². The molecule has 0 aromatic carbocycles. The molecule has 1 aliphatic carbocycles. The van der Waals surface area contributed by atoms with E-state index in [1.807, 2.05) is 0 Å². The Kier molecular flexibility index (Phi) is 9.89. The molecule has 154 valence electrons. The average molecular weight is 490 g/mol. The molecular weight excluding hydrogens is 455 g/mol. The van der Waals surface area contributed by atoms with Gasteiger partial charge in [0.1, 0.15) is 6.10 Å². The van der Waals surface area contributed by atoms with Crippen LogP contribution in [0.5, 0.6) is 0 Å². The molecule has 27 heavy (non-hydrogen) atoms. The summed E-state index contributed by atoms with van der Waals surface area (Å²) in [6.45, 7) is 7.90. The first-order valence-electron chi connectivity index (χ1n) is 10.4. The quantitative estimate of drug-likeness (QED) is 0.149. The topological polar surface area (TPSA) is 57.2 Å². The number of rotatable bonds is 7. The molecule has 6 nitrogen and oxygen atoms in total. The van der Waals surface area contributed by atoms with Crippen molar-refractivity contribution in [3.05, 3.63) is 12.2 Å². The normalized spacial score (nSPS) is 23.7. The zero-order valence-corrected chi connectivity index (χ0v) is 18.9. The van der Waals surface area contributed by atoms with Gasteiger partial charge in [-0.2, -0.15) is 0 Å². The minimum Gasteiger partial charge on any atom is -0.462 e. The van der Waals surface area contributed by atoms with Crippen LogP contribution in [0.1, 0.15) is 51.9 Å². The SMILES string of the molecule is CCNC(=NCCCC(=O)OC1CCCC1)N1CCC(N2CC=CC2)C1.I. The van der Waals surface area contributed by atoms with Crippen molar-refractivity contribution in [2.45, 2.75) is 64.0 Å². The number of carbonyl (C=O) groups excluding carboxylic acids is 1. The molecule has 0 radical (unpaired) electrons. The van der Waals surface area contributed by atoms with Crippen molar-refractivity contribution in [2.24, 2.45) is 4.99 Å². The van der Waals surface area contributed by atoms with Crippen molar-refractivity contribution < 1.29 is 9.53 Å². The predicted octanol–water partition coefficient (Wildman–Crippen LogP) is 2.78. The van der Waals surface area contributed by atoms with E-state index in [0.29, 0.717) is 19.0 Å². The summed E-state index contributed by atoms with van der Waals surface area (Å²) in [5.74, 6) is 0.936. The smallest absolute Gasteiger partial charge is 0.306 e. The van der Waals surface area contributed by atoms with Crippen molar-refractivity contribution in [1.82, 2.24) is 15.1 Å². The van der Waals surface area contributed by atoms with Gasteiger partial charge in [-0.15, -0.1) is 24.0 Å². The molecule has 1 unspecified atom stereocenters. The second-order valence-corrected chi connectivity index (χ2v) is 7.55. The number of hydrogen-bond acceptors (Lipinski definition) is 4. The molecule has 0 bridgehead atoms. The molecule has 1 atom stereocenters. The third-order valence-corrected chi connectivity index (χ3v) is 5.56. The molecule has 3 aliphatic rings. The summed E-state index contributed by atoms with van der Waals surface area (Å²) in [6.07, 6.45) is 11.6. The van der Waals surface area contributed by atoms with Crippen LogP contribution in [0.25, 0.3) is 0 Å². The number of aliphatic imine (C=N–C) groups is 1. The van der Waals surface area contributed by atoms with Gasteiger partial charge in [-0.05, 0) is 45.4 Å². The zero-order valence-electron chi connectivity index (χ0n) is 16.6. The molecule has 1 N–H and O–H groups in total. The van der Waals surface area contributed by atoms with Crippen LogP contribution >= 0.6 is 24.0 Å². The minimum atomic E-state index is -0.0557. The average Bonchev–Trinajstić information content (AvgIpc) is 3.39. The predicted molar refractivity (Wildman–Crippen MR) is 120 cm³/mol. The highest BCUT2D eigenvalue weighted by atomic mass is 127. The lowest BCUT2D eigenvalue weighted by Crippen LogP contribution is -2.42. The lowest BCUT2D eigenvalue weighted by Gasteiger charge is -2.25. The molecule has 0 aromatic heterocycles. The largest absolute Gasteiger partial charge is 0.462 e. The lowest BCUT2D eigenvalue weighted by atomic mass is 10.2. The number of hydrogen-bond donors (Lipinski definition) is 1. The Hall–Kier alpha value is -0.830. The van der Waals surface area contributed by atoms with Crippen molar-refractivity contribution in [2.75, 3.05) is 39.3 Å². The highest BCUT2D eigenvalue weighted by Crippen LogP contribution is 2.21. The first kappa shape index (κ1) is 22.5. The maximum Gasteiger partial charge on any atom is 0.306 e. The van der Waals surface area contributed by atoms with Crippen molar-refractivity contribution in [3.63, 3.8) is 0 Å². The molecule has 2 heterocycles. The van der Waals surface area contributed by atoms with Gasteiger partial charge in [0, 0.05) is 51.7 Å². The molecule has 0 aromatic rings. The highest BCUT2D eigenvalue weighted by Gasteiger charge is 2.29. The number of nitrogens with zero attached hydrogens (tertiary/aromatic N) is 3. The number of ether oxygens (including phenoxy) is 1. The van der Waals surface area contributed by atoms with E-state index < -0.39 is 0 Å². The Morgan fingerprint density at radius 1 is 1.22 bits per heavy atom. The Bertz CT molecular complexity index is 512. The Balaban J connectivity index is 0.00000261. The number of carbonyl (C=O) groups is 1. The van der Waals surface area contributed by atoms with Gasteiger partial charge >= 0.3 is 5.97 Å². The van der Waals surface area contributed by atoms with Crippen LogP contribution in [0.15, 0.2) is 17.1 Å². The summed E-state index contributed by atoms with van der Waals surface area (Å²) in [6, 6.07) is 0.621. The minimum absolute atomic E-state index is 0. The third kappa shape index (κ3) is 6.93. The molecule has 7 heteroatoms. The summed E-state index contributed by atoms with van der Waals surface area (Å²) in [4.78, 5) is 21.6. The number of likely N-dealkylation sites (tertiary alicyclic amines) is 1. The van der Waals surface area contributed by atoms with E-state index in [2.05, 4.69) is 34.2 Å².